The third kappa shape index (κ3) is 3.63. The van der Waals surface area contributed by atoms with Gasteiger partial charge < -0.3 is 14.4 Å². The van der Waals surface area contributed by atoms with Crippen molar-refractivity contribution in [2.24, 2.45) is 0 Å². The van der Waals surface area contributed by atoms with Crippen molar-refractivity contribution < 1.29 is 24.0 Å². The summed E-state index contributed by atoms with van der Waals surface area (Å²) in [5, 5.41) is 10.9. The van der Waals surface area contributed by atoms with Gasteiger partial charge in [-0.05, 0) is 26.8 Å². The zero-order chi connectivity index (χ0) is 19.1. The number of likely N-dealkylation sites (tertiary alicyclic amines) is 1. The van der Waals surface area contributed by atoms with Crippen molar-refractivity contribution in [3.63, 3.8) is 0 Å². The number of non-ortho nitro benzene ring substituents is 1. The largest absolute Gasteiger partial charge is 0.486 e. The molecule has 1 aromatic carbocycles. The summed E-state index contributed by atoms with van der Waals surface area (Å²) >= 11 is 0. The highest BCUT2D eigenvalue weighted by Gasteiger charge is 2.44. The van der Waals surface area contributed by atoms with Crippen LogP contribution in [0.5, 0.6) is 5.75 Å². The second kappa shape index (κ2) is 6.26. The van der Waals surface area contributed by atoms with Crippen LogP contribution in [0, 0.1) is 10.1 Å². The van der Waals surface area contributed by atoms with Gasteiger partial charge in [0.25, 0.3) is 5.69 Å². The van der Waals surface area contributed by atoms with Gasteiger partial charge in [0.2, 0.25) is 0 Å². The molecule has 0 radical (unpaired) electrons. The second-order valence-electron chi connectivity index (χ2n) is 7.79. The summed E-state index contributed by atoms with van der Waals surface area (Å²) in [6.45, 7) is 6.31. The van der Waals surface area contributed by atoms with Crippen molar-refractivity contribution in [1.82, 2.24) is 4.90 Å². The Morgan fingerprint density at radius 1 is 1.31 bits per heavy atom. The van der Waals surface area contributed by atoms with Gasteiger partial charge in [-0.2, -0.15) is 0 Å². The Morgan fingerprint density at radius 2 is 1.96 bits per heavy atom. The van der Waals surface area contributed by atoms with Crippen LogP contribution >= 0.6 is 0 Å². The smallest absolute Gasteiger partial charge is 0.410 e. The lowest BCUT2D eigenvalue weighted by Crippen LogP contribution is -2.52. The fraction of sp³-hybridized carbons (Fsp3) is 0.556. The minimum Gasteiger partial charge on any atom is -0.486 e. The average Bonchev–Trinajstić information content (AvgIpc) is 2.53. The highest BCUT2D eigenvalue weighted by atomic mass is 16.6. The summed E-state index contributed by atoms with van der Waals surface area (Å²) in [4.78, 5) is 36.7. The molecule has 0 N–H and O–H groups in total. The minimum atomic E-state index is -0.668. The minimum absolute atomic E-state index is 0.128. The Morgan fingerprint density at radius 3 is 2.54 bits per heavy atom. The van der Waals surface area contributed by atoms with Gasteiger partial charge in [0.1, 0.15) is 17.0 Å². The van der Waals surface area contributed by atoms with Crippen LogP contribution in [0.1, 0.15) is 50.4 Å². The quantitative estimate of drug-likeness (QED) is 0.561. The third-order valence-corrected chi connectivity index (χ3v) is 4.61. The Bertz CT molecular complexity index is 759. The van der Waals surface area contributed by atoms with Gasteiger partial charge in [-0.1, -0.05) is 0 Å². The number of nitro benzene ring substituents is 1. The van der Waals surface area contributed by atoms with E-state index in [9.17, 15) is 19.7 Å². The average molecular weight is 362 g/mol. The van der Waals surface area contributed by atoms with Gasteiger partial charge >= 0.3 is 6.09 Å². The maximum absolute atomic E-state index is 12.5. The number of amides is 1. The highest BCUT2D eigenvalue weighted by molar-refractivity contribution is 6.01. The first-order chi connectivity index (χ1) is 12.1. The summed E-state index contributed by atoms with van der Waals surface area (Å²) in [6.07, 6.45) is 0.803. The van der Waals surface area contributed by atoms with E-state index in [2.05, 4.69) is 0 Å². The molecule has 8 nitrogen and oxygen atoms in total. The maximum atomic E-state index is 12.5. The monoisotopic (exact) mass is 362 g/mol. The van der Waals surface area contributed by atoms with Crippen LogP contribution in [0.3, 0.4) is 0 Å². The first-order valence-corrected chi connectivity index (χ1v) is 8.57. The molecule has 0 saturated carbocycles. The molecule has 1 saturated heterocycles. The number of fused-ring (bicyclic) bond motifs is 1. The van der Waals surface area contributed by atoms with Gasteiger partial charge in [-0.15, -0.1) is 0 Å². The van der Waals surface area contributed by atoms with Gasteiger partial charge in [-0.25, -0.2) is 4.79 Å². The van der Waals surface area contributed by atoms with Crippen LogP contribution in [-0.2, 0) is 4.74 Å². The van der Waals surface area contributed by atoms with Crippen LogP contribution in [0.15, 0.2) is 18.2 Å². The molecule has 1 aromatic rings. The molecule has 140 valence electrons. The zero-order valence-electron chi connectivity index (χ0n) is 15.1. The van der Waals surface area contributed by atoms with E-state index in [1.54, 1.807) is 4.90 Å². The number of carbonyl (C=O) groups is 2. The van der Waals surface area contributed by atoms with Crippen molar-refractivity contribution in [3.8, 4) is 5.75 Å². The molecular formula is C18H22N2O6. The number of ketones is 1. The van der Waals surface area contributed by atoms with Crippen LogP contribution < -0.4 is 4.74 Å². The van der Waals surface area contributed by atoms with Crippen LogP contribution in [0.4, 0.5) is 10.5 Å². The Labute approximate surface area is 151 Å². The molecule has 2 aliphatic rings. The number of benzene rings is 1. The molecule has 1 amide bonds. The first-order valence-electron chi connectivity index (χ1n) is 8.57. The molecule has 0 atom stereocenters. The molecule has 0 aromatic heterocycles. The number of Topliss-reactive ketones (excluding diaryl/α,β-unsaturated/α-hetero) is 1. The van der Waals surface area contributed by atoms with Gasteiger partial charge in [-0.3, -0.25) is 14.9 Å². The zero-order valence-corrected chi connectivity index (χ0v) is 15.1. The van der Waals surface area contributed by atoms with Crippen molar-refractivity contribution in [2.45, 2.75) is 51.2 Å². The van der Waals surface area contributed by atoms with Crippen LogP contribution in [0.25, 0.3) is 0 Å². The number of ether oxygens (including phenoxy) is 2. The fourth-order valence-electron chi connectivity index (χ4n) is 3.30. The predicted molar refractivity (Wildman–Crippen MR) is 92.4 cm³/mol. The Hall–Kier alpha value is -2.64. The highest BCUT2D eigenvalue weighted by Crippen LogP contribution is 2.40. The van der Waals surface area contributed by atoms with E-state index < -0.39 is 16.1 Å². The summed E-state index contributed by atoms with van der Waals surface area (Å²) in [6, 6.07) is 4.08. The molecule has 8 heteroatoms. The van der Waals surface area contributed by atoms with E-state index in [4.69, 9.17) is 9.47 Å². The SMILES string of the molecule is CC(C)(C)OC(=O)N1CCC2(CC1)CC(=O)c1cc([N+](=O)[O-])ccc1O2. The van der Waals surface area contributed by atoms with E-state index in [-0.39, 0.29) is 29.5 Å². The molecule has 1 spiro atoms. The Kier molecular flexibility index (Phi) is 4.37. The number of piperidine rings is 1. The molecule has 2 aliphatic heterocycles. The lowest BCUT2D eigenvalue weighted by Gasteiger charge is -2.43. The van der Waals surface area contributed by atoms with E-state index in [0.717, 1.165) is 0 Å². The van der Waals surface area contributed by atoms with E-state index in [1.165, 1.54) is 18.2 Å². The summed E-state index contributed by atoms with van der Waals surface area (Å²) < 4.78 is 11.5. The number of hydrogen-bond acceptors (Lipinski definition) is 6. The molecule has 26 heavy (non-hydrogen) atoms. The Balaban J connectivity index is 1.71. The number of rotatable bonds is 1. The van der Waals surface area contributed by atoms with E-state index in [0.29, 0.717) is 31.7 Å². The van der Waals surface area contributed by atoms with Crippen molar-refractivity contribution >= 4 is 17.6 Å². The topological polar surface area (TPSA) is 99.0 Å². The van der Waals surface area contributed by atoms with Crippen LogP contribution in [-0.4, -0.2) is 46.0 Å². The van der Waals surface area contributed by atoms with Crippen LogP contribution in [0.2, 0.25) is 0 Å². The summed E-state index contributed by atoms with van der Waals surface area (Å²) in [5.74, 6) is 0.207. The maximum Gasteiger partial charge on any atom is 0.410 e. The molecule has 3 rings (SSSR count). The molecule has 0 unspecified atom stereocenters. The number of nitrogens with zero attached hydrogens (tertiary/aromatic N) is 2. The van der Waals surface area contributed by atoms with Crippen molar-refractivity contribution in [2.75, 3.05) is 13.1 Å². The van der Waals surface area contributed by atoms with Gasteiger partial charge in [0.05, 0.1) is 16.9 Å². The number of carbonyl (C=O) groups excluding carboxylic acids is 2. The van der Waals surface area contributed by atoms with E-state index >= 15 is 0 Å². The third-order valence-electron chi connectivity index (χ3n) is 4.61. The second-order valence-corrected chi connectivity index (χ2v) is 7.79. The van der Waals surface area contributed by atoms with Gasteiger partial charge in [0, 0.05) is 38.1 Å². The normalized spacial score (nSPS) is 18.9. The number of hydrogen-bond donors (Lipinski definition) is 0. The summed E-state index contributed by atoms with van der Waals surface area (Å²) in [5.41, 5.74) is -1.11. The number of nitro groups is 1. The lowest BCUT2D eigenvalue weighted by atomic mass is 9.82. The predicted octanol–water partition coefficient (Wildman–Crippen LogP) is 3.33. The summed E-state index contributed by atoms with van der Waals surface area (Å²) in [7, 11) is 0. The molecule has 0 aliphatic carbocycles. The van der Waals surface area contributed by atoms with Crippen molar-refractivity contribution in [1.29, 1.82) is 0 Å². The standard InChI is InChI=1S/C18H22N2O6/c1-17(2,3)26-16(22)19-8-6-18(7-9-19)11-14(21)13-10-12(20(23)24)4-5-15(13)25-18/h4-5,10H,6-9,11H2,1-3H3. The molecule has 2 heterocycles. The first kappa shape index (κ1) is 18.2. The molecular weight excluding hydrogens is 340 g/mol. The molecule has 1 fully saturated rings. The van der Waals surface area contributed by atoms with E-state index in [1.807, 2.05) is 20.8 Å². The molecule has 0 bridgehead atoms. The van der Waals surface area contributed by atoms with Gasteiger partial charge in [0.15, 0.2) is 5.78 Å². The fourth-order valence-corrected chi connectivity index (χ4v) is 3.30. The lowest BCUT2D eigenvalue weighted by molar-refractivity contribution is -0.384. The van der Waals surface area contributed by atoms with Crippen molar-refractivity contribution in [3.05, 3.63) is 33.9 Å².